The van der Waals surface area contributed by atoms with Gasteiger partial charge in [0.1, 0.15) is 0 Å². The highest BCUT2D eigenvalue weighted by molar-refractivity contribution is 7.80. The Hall–Kier alpha value is 0.270. The van der Waals surface area contributed by atoms with E-state index in [1.165, 1.54) is 19.4 Å². The van der Waals surface area contributed by atoms with Crippen molar-refractivity contribution in [3.8, 4) is 0 Å². The molecule has 68 valence electrons. The van der Waals surface area contributed by atoms with Gasteiger partial charge in [0.2, 0.25) is 0 Å². The van der Waals surface area contributed by atoms with E-state index in [1.807, 2.05) is 0 Å². The molecule has 0 fully saturated rings. The van der Waals surface area contributed by atoms with Gasteiger partial charge in [-0.2, -0.15) is 12.6 Å². The van der Waals surface area contributed by atoms with Crippen molar-refractivity contribution in [2.75, 3.05) is 39.5 Å². The predicted octanol–water partition coefficient (Wildman–Crippen LogP) is 0.848. The van der Waals surface area contributed by atoms with Gasteiger partial charge in [-0.15, -0.1) is 0 Å². The first kappa shape index (κ1) is 11.3. The maximum Gasteiger partial charge on any atom is -0.00127 e. The highest BCUT2D eigenvalue weighted by Crippen LogP contribution is 1.83. The Balaban J connectivity index is 2.80. The van der Waals surface area contributed by atoms with Gasteiger partial charge in [0.25, 0.3) is 0 Å². The van der Waals surface area contributed by atoms with Crippen molar-refractivity contribution in [2.24, 2.45) is 0 Å². The molecule has 0 atom stereocenters. The van der Waals surface area contributed by atoms with E-state index in [4.69, 9.17) is 0 Å². The van der Waals surface area contributed by atoms with Crippen molar-refractivity contribution in [3.05, 3.63) is 0 Å². The summed E-state index contributed by atoms with van der Waals surface area (Å²) < 4.78 is 0. The van der Waals surface area contributed by atoms with Crippen molar-refractivity contribution in [1.82, 2.24) is 10.2 Å². The van der Waals surface area contributed by atoms with Gasteiger partial charge < -0.3 is 10.2 Å². The lowest BCUT2D eigenvalue weighted by Gasteiger charge is -2.09. The molecular weight excluding hydrogens is 156 g/mol. The lowest BCUT2D eigenvalue weighted by Crippen LogP contribution is -2.22. The molecule has 0 aromatic heterocycles. The van der Waals surface area contributed by atoms with Gasteiger partial charge in [0.15, 0.2) is 0 Å². The Morgan fingerprint density at radius 3 is 2.36 bits per heavy atom. The summed E-state index contributed by atoms with van der Waals surface area (Å²) in [5.41, 5.74) is 0. The summed E-state index contributed by atoms with van der Waals surface area (Å²) in [5.74, 6) is 0.987. The Kier molecular flexibility index (Phi) is 8.57. The van der Waals surface area contributed by atoms with Crippen LogP contribution < -0.4 is 5.32 Å². The quantitative estimate of drug-likeness (QED) is 0.441. The first-order chi connectivity index (χ1) is 5.27. The highest BCUT2D eigenvalue weighted by atomic mass is 32.1. The molecule has 11 heavy (non-hydrogen) atoms. The van der Waals surface area contributed by atoms with Gasteiger partial charge in [-0.05, 0) is 52.3 Å². The minimum absolute atomic E-state index is 0.987. The summed E-state index contributed by atoms with van der Waals surface area (Å²) in [6.45, 7) is 3.41. The van der Waals surface area contributed by atoms with E-state index in [0.29, 0.717) is 0 Å². The molecule has 0 saturated carbocycles. The molecule has 0 aromatic carbocycles. The lowest BCUT2D eigenvalue weighted by atomic mass is 10.4. The van der Waals surface area contributed by atoms with Gasteiger partial charge in [0, 0.05) is 0 Å². The topological polar surface area (TPSA) is 15.3 Å². The van der Waals surface area contributed by atoms with E-state index in [-0.39, 0.29) is 0 Å². The van der Waals surface area contributed by atoms with Crippen molar-refractivity contribution in [1.29, 1.82) is 0 Å². The second-order valence-electron chi connectivity index (χ2n) is 2.98. The number of nitrogens with zero attached hydrogens (tertiary/aromatic N) is 1. The first-order valence-electron chi connectivity index (χ1n) is 4.23. The van der Waals surface area contributed by atoms with Crippen LogP contribution in [0.5, 0.6) is 0 Å². The van der Waals surface area contributed by atoms with Crippen molar-refractivity contribution in [3.63, 3.8) is 0 Å². The summed E-state index contributed by atoms with van der Waals surface area (Å²) in [4.78, 5) is 2.21. The predicted molar refractivity (Wildman–Crippen MR) is 54.5 cm³/mol. The normalized spacial score (nSPS) is 10.9. The molecule has 0 saturated heterocycles. The fourth-order valence-electron chi connectivity index (χ4n) is 0.849. The summed E-state index contributed by atoms with van der Waals surface area (Å²) in [7, 11) is 4.21. The SMILES string of the molecule is CN(C)CCCNCCCS. The molecule has 0 aliphatic rings. The smallest absolute Gasteiger partial charge is 0.00127 e. The molecule has 0 heterocycles. The van der Waals surface area contributed by atoms with Crippen LogP contribution in [0.1, 0.15) is 12.8 Å². The molecule has 0 aromatic rings. The third-order valence-electron chi connectivity index (χ3n) is 1.47. The van der Waals surface area contributed by atoms with E-state index >= 15 is 0 Å². The van der Waals surface area contributed by atoms with Gasteiger partial charge >= 0.3 is 0 Å². The molecule has 0 unspecified atom stereocenters. The average Bonchev–Trinajstić information content (AvgIpc) is 1.96. The molecule has 0 rings (SSSR count). The summed E-state index contributed by atoms with van der Waals surface area (Å²) in [6.07, 6.45) is 2.41. The van der Waals surface area contributed by atoms with E-state index in [1.54, 1.807) is 0 Å². The second-order valence-corrected chi connectivity index (χ2v) is 3.43. The van der Waals surface area contributed by atoms with Crippen LogP contribution in [0, 0.1) is 0 Å². The van der Waals surface area contributed by atoms with Crippen LogP contribution in [-0.2, 0) is 0 Å². The number of hydrogen-bond acceptors (Lipinski definition) is 3. The maximum atomic E-state index is 4.13. The first-order valence-corrected chi connectivity index (χ1v) is 4.87. The monoisotopic (exact) mass is 176 g/mol. The third-order valence-corrected chi connectivity index (χ3v) is 1.79. The molecule has 0 radical (unpaired) electrons. The molecule has 0 aliphatic carbocycles. The Morgan fingerprint density at radius 1 is 1.18 bits per heavy atom. The Labute approximate surface area is 75.8 Å². The molecule has 0 spiro atoms. The number of thiol groups is 1. The van der Waals surface area contributed by atoms with Crippen molar-refractivity contribution >= 4 is 12.6 Å². The second kappa shape index (κ2) is 8.37. The summed E-state index contributed by atoms with van der Waals surface area (Å²) in [5, 5.41) is 3.37. The van der Waals surface area contributed by atoms with Gasteiger partial charge in [-0.3, -0.25) is 0 Å². The largest absolute Gasteiger partial charge is 0.317 e. The van der Waals surface area contributed by atoms with Crippen LogP contribution in [0.25, 0.3) is 0 Å². The molecule has 0 aliphatic heterocycles. The highest BCUT2D eigenvalue weighted by Gasteiger charge is 1.89. The van der Waals surface area contributed by atoms with E-state index in [9.17, 15) is 0 Å². The minimum Gasteiger partial charge on any atom is -0.317 e. The minimum atomic E-state index is 0.987. The number of rotatable bonds is 7. The number of hydrogen-bond donors (Lipinski definition) is 2. The summed E-state index contributed by atoms with van der Waals surface area (Å²) >= 11 is 4.13. The van der Waals surface area contributed by atoms with Gasteiger partial charge in [-0.1, -0.05) is 0 Å². The van der Waals surface area contributed by atoms with Crippen molar-refractivity contribution < 1.29 is 0 Å². The molecular formula is C8H20N2S. The van der Waals surface area contributed by atoms with Crippen LogP contribution in [-0.4, -0.2) is 44.4 Å². The third kappa shape index (κ3) is 10.3. The molecule has 1 N–H and O–H groups in total. The lowest BCUT2D eigenvalue weighted by molar-refractivity contribution is 0.395. The van der Waals surface area contributed by atoms with Crippen molar-refractivity contribution in [2.45, 2.75) is 12.8 Å². The zero-order chi connectivity index (χ0) is 8.53. The fraction of sp³-hybridized carbons (Fsp3) is 1.00. The van der Waals surface area contributed by atoms with Crippen LogP contribution in [0.15, 0.2) is 0 Å². The average molecular weight is 176 g/mol. The fourth-order valence-corrected chi connectivity index (χ4v) is 1.01. The summed E-state index contributed by atoms with van der Waals surface area (Å²) in [6, 6.07) is 0. The van der Waals surface area contributed by atoms with E-state index < -0.39 is 0 Å². The van der Waals surface area contributed by atoms with E-state index in [2.05, 4.69) is 36.9 Å². The molecule has 0 amide bonds. The Bertz CT molecular complexity index is 76.5. The molecule has 0 bridgehead atoms. The van der Waals surface area contributed by atoms with Crippen LogP contribution in [0.3, 0.4) is 0 Å². The van der Waals surface area contributed by atoms with Gasteiger partial charge in [-0.25, -0.2) is 0 Å². The van der Waals surface area contributed by atoms with Crippen LogP contribution in [0.2, 0.25) is 0 Å². The van der Waals surface area contributed by atoms with Crippen LogP contribution >= 0.6 is 12.6 Å². The molecule has 2 nitrogen and oxygen atoms in total. The zero-order valence-corrected chi connectivity index (χ0v) is 8.53. The molecule has 3 heteroatoms. The van der Waals surface area contributed by atoms with Crippen LogP contribution in [0.4, 0.5) is 0 Å². The standard InChI is InChI=1S/C8H20N2S/c1-10(2)7-3-5-9-6-4-8-11/h9,11H,3-8H2,1-2H3. The maximum absolute atomic E-state index is 4.13. The van der Waals surface area contributed by atoms with Gasteiger partial charge in [0.05, 0.1) is 0 Å². The Morgan fingerprint density at radius 2 is 1.82 bits per heavy atom. The number of nitrogens with one attached hydrogen (secondary N) is 1. The van der Waals surface area contributed by atoms with E-state index in [0.717, 1.165) is 18.8 Å². The zero-order valence-electron chi connectivity index (χ0n) is 7.64.